The average molecular weight is 448 g/mol. The SMILES string of the molecule is CN=C(NCCc1cnn(C)c1)NCCc1ccccc1Cl.I. The van der Waals surface area contributed by atoms with Crippen molar-refractivity contribution in [1.82, 2.24) is 20.4 Å². The monoisotopic (exact) mass is 447 g/mol. The smallest absolute Gasteiger partial charge is 0.190 e. The number of aromatic nitrogens is 2. The Kier molecular flexibility index (Phi) is 9.01. The zero-order chi connectivity index (χ0) is 15.8. The number of hydrogen-bond donors (Lipinski definition) is 2. The topological polar surface area (TPSA) is 54.2 Å². The maximum Gasteiger partial charge on any atom is 0.190 e. The third-order valence-electron chi connectivity index (χ3n) is 3.33. The Labute approximate surface area is 159 Å². The van der Waals surface area contributed by atoms with Gasteiger partial charge in [0.15, 0.2) is 5.96 Å². The van der Waals surface area contributed by atoms with Gasteiger partial charge in [0.05, 0.1) is 6.20 Å². The van der Waals surface area contributed by atoms with Gasteiger partial charge in [-0.2, -0.15) is 5.10 Å². The molecule has 0 amide bonds. The summed E-state index contributed by atoms with van der Waals surface area (Å²) in [4.78, 5) is 4.22. The number of aryl methyl sites for hydroxylation is 1. The van der Waals surface area contributed by atoms with Crippen LogP contribution < -0.4 is 10.6 Å². The lowest BCUT2D eigenvalue weighted by atomic mass is 10.1. The van der Waals surface area contributed by atoms with Crippen molar-refractivity contribution in [2.24, 2.45) is 12.0 Å². The van der Waals surface area contributed by atoms with Gasteiger partial charge in [-0.15, -0.1) is 24.0 Å². The third-order valence-corrected chi connectivity index (χ3v) is 3.70. The molecule has 0 aliphatic rings. The van der Waals surface area contributed by atoms with Crippen molar-refractivity contribution in [2.45, 2.75) is 12.8 Å². The second kappa shape index (κ2) is 10.5. The van der Waals surface area contributed by atoms with E-state index in [1.165, 1.54) is 5.56 Å². The Morgan fingerprint density at radius 2 is 1.91 bits per heavy atom. The molecular weight excluding hydrogens is 425 g/mol. The maximum atomic E-state index is 6.15. The molecule has 0 radical (unpaired) electrons. The van der Waals surface area contributed by atoms with E-state index in [4.69, 9.17) is 11.6 Å². The van der Waals surface area contributed by atoms with Gasteiger partial charge in [-0.25, -0.2) is 0 Å². The number of guanidine groups is 1. The fourth-order valence-corrected chi connectivity index (χ4v) is 2.39. The Bertz CT molecular complexity index is 626. The molecule has 0 fully saturated rings. The molecule has 0 unspecified atom stereocenters. The van der Waals surface area contributed by atoms with Crippen LogP contribution in [-0.2, 0) is 19.9 Å². The largest absolute Gasteiger partial charge is 0.356 e. The van der Waals surface area contributed by atoms with Crippen molar-refractivity contribution in [2.75, 3.05) is 20.1 Å². The molecule has 2 rings (SSSR count). The number of hydrogen-bond acceptors (Lipinski definition) is 2. The number of halogens is 2. The van der Waals surface area contributed by atoms with Gasteiger partial charge < -0.3 is 10.6 Å². The van der Waals surface area contributed by atoms with E-state index in [9.17, 15) is 0 Å². The molecule has 23 heavy (non-hydrogen) atoms. The van der Waals surface area contributed by atoms with Gasteiger partial charge in [-0.05, 0) is 30.0 Å². The minimum atomic E-state index is 0. The van der Waals surface area contributed by atoms with Crippen molar-refractivity contribution in [1.29, 1.82) is 0 Å². The highest BCUT2D eigenvalue weighted by molar-refractivity contribution is 14.0. The van der Waals surface area contributed by atoms with E-state index in [1.54, 1.807) is 7.05 Å². The molecule has 0 aliphatic carbocycles. The highest BCUT2D eigenvalue weighted by atomic mass is 127. The summed E-state index contributed by atoms with van der Waals surface area (Å²) >= 11 is 6.15. The zero-order valence-electron chi connectivity index (χ0n) is 13.4. The first-order valence-electron chi connectivity index (χ1n) is 7.34. The second-order valence-corrected chi connectivity index (χ2v) is 5.45. The molecule has 0 saturated carbocycles. The van der Waals surface area contributed by atoms with Crippen LogP contribution in [0.1, 0.15) is 11.1 Å². The first kappa shape index (κ1) is 19.8. The van der Waals surface area contributed by atoms with Gasteiger partial charge in [-0.3, -0.25) is 9.67 Å². The second-order valence-electron chi connectivity index (χ2n) is 5.04. The van der Waals surface area contributed by atoms with E-state index in [0.717, 1.165) is 42.5 Å². The number of aliphatic imine (C=N–C) groups is 1. The van der Waals surface area contributed by atoms with Crippen molar-refractivity contribution in [3.05, 3.63) is 52.8 Å². The van der Waals surface area contributed by atoms with E-state index in [-0.39, 0.29) is 24.0 Å². The van der Waals surface area contributed by atoms with Crippen molar-refractivity contribution < 1.29 is 0 Å². The molecule has 2 aromatic rings. The number of rotatable bonds is 6. The Morgan fingerprint density at radius 1 is 1.22 bits per heavy atom. The first-order chi connectivity index (χ1) is 10.7. The summed E-state index contributed by atoms with van der Waals surface area (Å²) < 4.78 is 1.81. The van der Waals surface area contributed by atoms with Gasteiger partial charge in [0.2, 0.25) is 0 Å². The van der Waals surface area contributed by atoms with Gasteiger partial charge in [0.1, 0.15) is 0 Å². The predicted molar refractivity (Wildman–Crippen MR) is 107 cm³/mol. The van der Waals surface area contributed by atoms with Crippen molar-refractivity contribution in [3.8, 4) is 0 Å². The lowest BCUT2D eigenvalue weighted by Gasteiger charge is -2.12. The van der Waals surface area contributed by atoms with Crippen LogP contribution in [-0.4, -0.2) is 35.9 Å². The van der Waals surface area contributed by atoms with E-state index >= 15 is 0 Å². The summed E-state index contributed by atoms with van der Waals surface area (Å²) in [5, 5.41) is 11.6. The highest BCUT2D eigenvalue weighted by Crippen LogP contribution is 2.14. The molecule has 126 valence electrons. The number of benzene rings is 1. The molecule has 1 aromatic heterocycles. The minimum Gasteiger partial charge on any atom is -0.356 e. The lowest BCUT2D eigenvalue weighted by molar-refractivity contribution is 0.764. The molecule has 1 heterocycles. The summed E-state index contributed by atoms with van der Waals surface area (Å²) in [7, 11) is 3.70. The average Bonchev–Trinajstić information content (AvgIpc) is 2.93. The fourth-order valence-electron chi connectivity index (χ4n) is 2.16. The molecule has 1 aromatic carbocycles. The maximum absolute atomic E-state index is 6.15. The van der Waals surface area contributed by atoms with Crippen LogP contribution >= 0.6 is 35.6 Å². The fraction of sp³-hybridized carbons (Fsp3) is 0.375. The number of nitrogens with zero attached hydrogens (tertiary/aromatic N) is 3. The van der Waals surface area contributed by atoms with Crippen LogP contribution in [0.2, 0.25) is 5.02 Å². The first-order valence-corrected chi connectivity index (χ1v) is 7.72. The molecule has 0 spiro atoms. The van der Waals surface area contributed by atoms with E-state index in [0.29, 0.717) is 0 Å². The number of nitrogens with one attached hydrogen (secondary N) is 2. The Hall–Kier alpha value is -1.28. The van der Waals surface area contributed by atoms with Crippen LogP contribution in [0.5, 0.6) is 0 Å². The molecule has 2 N–H and O–H groups in total. The quantitative estimate of drug-likeness (QED) is 0.407. The van der Waals surface area contributed by atoms with Crippen LogP contribution in [0.15, 0.2) is 41.7 Å². The van der Waals surface area contributed by atoms with Crippen LogP contribution in [0.4, 0.5) is 0 Å². The van der Waals surface area contributed by atoms with Gasteiger partial charge in [0.25, 0.3) is 0 Å². The summed E-state index contributed by atoms with van der Waals surface area (Å²) in [6.45, 7) is 1.60. The standard InChI is InChI=1S/C16H22ClN5.HI/c1-18-16(19-9-7-13-11-21-22(2)12-13)20-10-8-14-5-3-4-6-15(14)17;/h3-6,11-12H,7-10H2,1-2H3,(H2,18,19,20);1H. The molecule has 0 bridgehead atoms. The molecule has 0 aliphatic heterocycles. The van der Waals surface area contributed by atoms with Crippen molar-refractivity contribution >= 4 is 41.5 Å². The van der Waals surface area contributed by atoms with Crippen LogP contribution in [0.25, 0.3) is 0 Å². The van der Waals surface area contributed by atoms with Gasteiger partial charge in [0, 0.05) is 38.4 Å². The summed E-state index contributed by atoms with van der Waals surface area (Å²) in [5.74, 6) is 0.802. The summed E-state index contributed by atoms with van der Waals surface area (Å²) in [6.07, 6.45) is 5.69. The molecule has 0 atom stereocenters. The molecule has 5 nitrogen and oxygen atoms in total. The summed E-state index contributed by atoms with van der Waals surface area (Å²) in [6, 6.07) is 7.90. The normalized spacial score (nSPS) is 11.0. The van der Waals surface area contributed by atoms with Crippen LogP contribution in [0.3, 0.4) is 0 Å². The molecule has 0 saturated heterocycles. The zero-order valence-corrected chi connectivity index (χ0v) is 16.5. The Balaban J connectivity index is 0.00000264. The van der Waals surface area contributed by atoms with E-state index < -0.39 is 0 Å². The molecule has 7 heteroatoms. The highest BCUT2D eigenvalue weighted by Gasteiger charge is 2.01. The third kappa shape index (κ3) is 6.78. The molecular formula is C16H23ClIN5. The Morgan fingerprint density at radius 3 is 2.52 bits per heavy atom. The predicted octanol–water partition coefficient (Wildman–Crippen LogP) is 2.64. The minimum absolute atomic E-state index is 0. The van der Waals surface area contributed by atoms with Crippen LogP contribution in [0, 0.1) is 0 Å². The van der Waals surface area contributed by atoms with Crippen molar-refractivity contribution in [3.63, 3.8) is 0 Å². The van der Waals surface area contributed by atoms with Gasteiger partial charge >= 0.3 is 0 Å². The lowest BCUT2D eigenvalue weighted by Crippen LogP contribution is -2.39. The van der Waals surface area contributed by atoms with E-state index in [2.05, 4.69) is 20.7 Å². The summed E-state index contributed by atoms with van der Waals surface area (Å²) in [5.41, 5.74) is 2.35. The van der Waals surface area contributed by atoms with Gasteiger partial charge in [-0.1, -0.05) is 29.8 Å². The van der Waals surface area contributed by atoms with E-state index in [1.807, 2.05) is 48.4 Å².